The highest BCUT2D eigenvalue weighted by Gasteiger charge is 2.42. The summed E-state index contributed by atoms with van der Waals surface area (Å²) in [6.07, 6.45) is 4.17. The molecule has 46 heavy (non-hydrogen) atoms. The van der Waals surface area contributed by atoms with Crippen molar-refractivity contribution in [3.63, 3.8) is 0 Å². The highest BCUT2D eigenvalue weighted by Crippen LogP contribution is 2.32. The van der Waals surface area contributed by atoms with E-state index in [0.717, 1.165) is 12.8 Å². The molecule has 0 saturated carbocycles. The first-order valence-electron chi connectivity index (χ1n) is 18.1. The zero-order valence-electron chi connectivity index (χ0n) is 31.1. The number of rotatable bonds is 12. The molecule has 0 bridgehead atoms. The van der Waals surface area contributed by atoms with E-state index in [9.17, 15) is 14.4 Å². The summed E-state index contributed by atoms with van der Waals surface area (Å²) in [4.78, 5) is 40.5. The number of piperidine rings is 3. The predicted molar refractivity (Wildman–Crippen MR) is 182 cm³/mol. The van der Waals surface area contributed by atoms with Crippen LogP contribution < -0.4 is 16.0 Å². The highest BCUT2D eigenvalue weighted by molar-refractivity contribution is 5.95. The second kappa shape index (κ2) is 15.7. The Hall–Kier alpha value is -1.71. The van der Waals surface area contributed by atoms with Crippen LogP contribution in [-0.4, -0.2) is 71.0 Å². The van der Waals surface area contributed by atoms with Gasteiger partial charge in [-0.15, -0.1) is 0 Å². The molecular formula is C37H67N3O6. The standard InChI is InChI=1S/C37H67N3O6/c1-22(2)29-16-25(19-35(7,8)38-29)44-32(41)15-13-14-28(33(42)45-26-17-30(23(3)4)39-36(9,10)20-26)34(43)46-27-18-31(24(5)6)40-37(11,12)21-27/h22-31,38-40H,13-21H2,1-12H3. The maximum atomic E-state index is 13.8. The van der Waals surface area contributed by atoms with E-state index in [2.05, 4.69) is 99.0 Å². The number of carbonyl (C=O) groups is 3. The fraction of sp³-hybridized carbons (Fsp3) is 0.919. The third-order valence-electron chi connectivity index (χ3n) is 10.2. The fourth-order valence-corrected chi connectivity index (χ4v) is 7.77. The van der Waals surface area contributed by atoms with Gasteiger partial charge in [-0.25, -0.2) is 0 Å². The lowest BCUT2D eigenvalue weighted by molar-refractivity contribution is -0.172. The molecule has 6 unspecified atom stereocenters. The summed E-state index contributed by atoms with van der Waals surface area (Å²) < 4.78 is 18.1. The Bertz CT molecular complexity index is 986. The molecule has 0 amide bonds. The van der Waals surface area contributed by atoms with E-state index in [-0.39, 0.29) is 71.9 Å². The lowest BCUT2D eigenvalue weighted by atomic mass is 9.83. The minimum Gasteiger partial charge on any atom is -0.462 e. The molecule has 0 radical (unpaired) electrons. The van der Waals surface area contributed by atoms with Gasteiger partial charge in [0, 0.05) is 79.7 Å². The molecule has 3 N–H and O–H groups in total. The average Bonchev–Trinajstić information content (AvgIpc) is 2.88. The number of nitrogens with one attached hydrogen (secondary N) is 3. The Morgan fingerprint density at radius 3 is 1.24 bits per heavy atom. The Balaban J connectivity index is 1.68. The van der Waals surface area contributed by atoms with Crippen LogP contribution in [0.2, 0.25) is 0 Å². The van der Waals surface area contributed by atoms with Gasteiger partial charge in [0.25, 0.3) is 0 Å². The molecule has 0 aromatic rings. The van der Waals surface area contributed by atoms with Crippen molar-refractivity contribution in [1.82, 2.24) is 16.0 Å². The minimum atomic E-state index is -1.08. The van der Waals surface area contributed by atoms with E-state index < -0.39 is 17.9 Å². The van der Waals surface area contributed by atoms with Crippen molar-refractivity contribution in [1.29, 1.82) is 0 Å². The molecule has 266 valence electrons. The number of hydrogen-bond acceptors (Lipinski definition) is 9. The maximum Gasteiger partial charge on any atom is 0.320 e. The van der Waals surface area contributed by atoms with Crippen molar-refractivity contribution < 1.29 is 28.6 Å². The van der Waals surface area contributed by atoms with Gasteiger partial charge in [0.15, 0.2) is 5.92 Å². The Morgan fingerprint density at radius 2 is 0.913 bits per heavy atom. The largest absolute Gasteiger partial charge is 0.462 e. The molecule has 3 saturated heterocycles. The summed E-state index contributed by atoms with van der Waals surface area (Å²) in [7, 11) is 0. The average molecular weight is 650 g/mol. The lowest BCUT2D eigenvalue weighted by Gasteiger charge is -2.43. The molecule has 9 nitrogen and oxygen atoms in total. The first kappa shape index (κ1) is 38.7. The quantitative estimate of drug-likeness (QED) is 0.132. The van der Waals surface area contributed by atoms with Crippen LogP contribution in [0, 0.1) is 23.7 Å². The van der Waals surface area contributed by atoms with Gasteiger partial charge in [-0.1, -0.05) is 41.5 Å². The van der Waals surface area contributed by atoms with E-state index in [1.807, 2.05) is 0 Å². The topological polar surface area (TPSA) is 115 Å². The monoisotopic (exact) mass is 650 g/mol. The van der Waals surface area contributed by atoms with E-state index in [0.29, 0.717) is 49.9 Å². The second-order valence-corrected chi connectivity index (χ2v) is 17.6. The number of hydrogen-bond donors (Lipinski definition) is 3. The molecule has 3 aliphatic rings. The fourth-order valence-electron chi connectivity index (χ4n) is 7.77. The molecule has 3 aliphatic heterocycles. The third-order valence-corrected chi connectivity index (χ3v) is 10.2. The van der Waals surface area contributed by atoms with Crippen molar-refractivity contribution in [2.24, 2.45) is 23.7 Å². The number of carbonyl (C=O) groups excluding carboxylic acids is 3. The van der Waals surface area contributed by atoms with Crippen LogP contribution in [0.25, 0.3) is 0 Å². The van der Waals surface area contributed by atoms with E-state index in [1.54, 1.807) is 0 Å². The summed E-state index contributed by atoms with van der Waals surface area (Å²) in [5.74, 6) is -1.26. The summed E-state index contributed by atoms with van der Waals surface area (Å²) in [6, 6.07) is 0.699. The van der Waals surface area contributed by atoms with Gasteiger partial charge < -0.3 is 30.2 Å². The van der Waals surface area contributed by atoms with Gasteiger partial charge in [0.2, 0.25) is 0 Å². The summed E-state index contributed by atoms with van der Waals surface area (Å²) in [6.45, 7) is 25.8. The molecule has 0 aliphatic carbocycles. The van der Waals surface area contributed by atoms with E-state index in [4.69, 9.17) is 14.2 Å². The van der Waals surface area contributed by atoms with Crippen molar-refractivity contribution >= 4 is 17.9 Å². The highest BCUT2D eigenvalue weighted by atomic mass is 16.6. The first-order chi connectivity index (χ1) is 21.1. The van der Waals surface area contributed by atoms with Crippen LogP contribution >= 0.6 is 0 Å². The van der Waals surface area contributed by atoms with Crippen LogP contribution in [-0.2, 0) is 28.6 Å². The van der Waals surface area contributed by atoms with E-state index in [1.165, 1.54) is 0 Å². The predicted octanol–water partition coefficient (Wildman–Crippen LogP) is 6.07. The zero-order valence-corrected chi connectivity index (χ0v) is 31.1. The molecule has 3 rings (SSSR count). The molecule has 0 spiro atoms. The normalized spacial score (nSPS) is 31.4. The van der Waals surface area contributed by atoms with Gasteiger partial charge in [-0.2, -0.15) is 0 Å². The van der Waals surface area contributed by atoms with Crippen LogP contribution in [0.3, 0.4) is 0 Å². The molecular weight excluding hydrogens is 582 g/mol. The van der Waals surface area contributed by atoms with Crippen molar-refractivity contribution in [2.45, 2.75) is 194 Å². The number of ether oxygens (including phenoxy) is 3. The SMILES string of the molecule is CC(C)C1CC(OC(=O)CCCC(C(=O)OC2CC(C(C)C)NC(C)(C)C2)C(=O)OC2CC(C(C)C)NC(C)(C)C2)CC(C)(C)N1. The first-order valence-corrected chi connectivity index (χ1v) is 18.1. The van der Waals surface area contributed by atoms with Crippen molar-refractivity contribution in [3.8, 4) is 0 Å². The molecule has 3 heterocycles. The molecule has 0 aromatic heterocycles. The van der Waals surface area contributed by atoms with Crippen LogP contribution in [0.5, 0.6) is 0 Å². The Kier molecular flexibility index (Phi) is 13.2. The van der Waals surface area contributed by atoms with Crippen LogP contribution in [0.4, 0.5) is 0 Å². The van der Waals surface area contributed by atoms with Gasteiger partial charge in [0.05, 0.1) is 0 Å². The van der Waals surface area contributed by atoms with Crippen molar-refractivity contribution in [2.75, 3.05) is 0 Å². The van der Waals surface area contributed by atoms with Crippen LogP contribution in [0.1, 0.15) is 141 Å². The van der Waals surface area contributed by atoms with Gasteiger partial charge >= 0.3 is 17.9 Å². The van der Waals surface area contributed by atoms with Crippen molar-refractivity contribution in [3.05, 3.63) is 0 Å². The second-order valence-electron chi connectivity index (χ2n) is 17.6. The minimum absolute atomic E-state index is 0.119. The molecule has 3 fully saturated rings. The summed E-state index contributed by atoms with van der Waals surface area (Å²) in [5, 5.41) is 11.0. The third kappa shape index (κ3) is 11.8. The molecule has 9 heteroatoms. The van der Waals surface area contributed by atoms with Crippen LogP contribution in [0.15, 0.2) is 0 Å². The molecule has 0 aromatic carbocycles. The van der Waals surface area contributed by atoms with Gasteiger partial charge in [-0.05, 0) is 72.1 Å². The summed E-state index contributed by atoms with van der Waals surface area (Å²) in [5.41, 5.74) is -0.503. The Labute approximate surface area is 279 Å². The summed E-state index contributed by atoms with van der Waals surface area (Å²) >= 11 is 0. The number of esters is 3. The smallest absolute Gasteiger partial charge is 0.320 e. The lowest BCUT2D eigenvalue weighted by Crippen LogP contribution is -2.57. The Morgan fingerprint density at radius 1 is 0.587 bits per heavy atom. The van der Waals surface area contributed by atoms with Gasteiger partial charge in [-0.3, -0.25) is 14.4 Å². The zero-order chi connectivity index (χ0) is 34.6. The molecule has 6 atom stereocenters. The van der Waals surface area contributed by atoms with E-state index >= 15 is 0 Å². The maximum absolute atomic E-state index is 13.8. The van der Waals surface area contributed by atoms with Gasteiger partial charge in [0.1, 0.15) is 18.3 Å².